The van der Waals surface area contributed by atoms with Crippen molar-refractivity contribution in [3.8, 4) is 0 Å². The molecule has 3 N–H and O–H groups in total. The molecule has 0 aliphatic heterocycles. The molecular formula is C13H16N4O2S. The first kappa shape index (κ1) is 14.3. The molecule has 2 amide bonds. The van der Waals surface area contributed by atoms with Gasteiger partial charge in [-0.1, -0.05) is 0 Å². The summed E-state index contributed by atoms with van der Waals surface area (Å²) in [5.74, 6) is 0. The Hall–Kier alpha value is -2.15. The molecule has 0 aliphatic carbocycles. The van der Waals surface area contributed by atoms with Crippen molar-refractivity contribution in [3.63, 3.8) is 0 Å². The molecule has 0 radical (unpaired) electrons. The van der Waals surface area contributed by atoms with Crippen LogP contribution in [0, 0.1) is 13.8 Å². The van der Waals surface area contributed by atoms with E-state index in [0.29, 0.717) is 12.1 Å². The fourth-order valence-corrected chi connectivity index (χ4v) is 2.38. The van der Waals surface area contributed by atoms with Crippen LogP contribution in [0.5, 0.6) is 0 Å². The van der Waals surface area contributed by atoms with Crippen LogP contribution in [0.2, 0.25) is 0 Å². The van der Waals surface area contributed by atoms with E-state index in [-0.39, 0.29) is 18.1 Å². The maximum Gasteiger partial charge on any atom is 0.315 e. The second-order valence-corrected chi connectivity index (χ2v) is 5.38. The summed E-state index contributed by atoms with van der Waals surface area (Å²) in [7, 11) is 0. The van der Waals surface area contributed by atoms with Crippen LogP contribution in [-0.2, 0) is 13.1 Å². The highest BCUT2D eigenvalue weighted by atomic mass is 32.1. The van der Waals surface area contributed by atoms with E-state index >= 15 is 0 Å². The van der Waals surface area contributed by atoms with Gasteiger partial charge in [0.2, 0.25) is 0 Å². The van der Waals surface area contributed by atoms with E-state index in [1.807, 2.05) is 25.3 Å². The standard InChI is InChI=1S/C13H16N4O2S/c1-8-5-9(2)17-12(18)10(8)6-15-13(19)16-7-11-14-3-4-20-11/h3-5H,6-7H2,1-2H3,(H,17,18)(H2,15,16,19). The van der Waals surface area contributed by atoms with Crippen molar-refractivity contribution in [1.29, 1.82) is 0 Å². The monoisotopic (exact) mass is 292 g/mol. The number of pyridine rings is 1. The zero-order valence-corrected chi connectivity index (χ0v) is 12.1. The predicted octanol–water partition coefficient (Wildman–Crippen LogP) is 1.45. The van der Waals surface area contributed by atoms with Crippen LogP contribution >= 0.6 is 11.3 Å². The number of hydrogen-bond donors (Lipinski definition) is 3. The number of aromatic amines is 1. The van der Waals surface area contributed by atoms with Crippen LogP contribution in [0.3, 0.4) is 0 Å². The molecule has 2 aromatic heterocycles. The first-order chi connectivity index (χ1) is 9.56. The number of amides is 2. The minimum atomic E-state index is -0.320. The number of thiazole rings is 1. The Morgan fingerprint density at radius 1 is 1.35 bits per heavy atom. The lowest BCUT2D eigenvalue weighted by Crippen LogP contribution is -2.36. The number of carbonyl (C=O) groups is 1. The first-order valence-corrected chi connectivity index (χ1v) is 7.03. The summed E-state index contributed by atoms with van der Waals surface area (Å²) in [5, 5.41) is 8.05. The summed E-state index contributed by atoms with van der Waals surface area (Å²) >= 11 is 1.48. The van der Waals surface area contributed by atoms with Gasteiger partial charge in [-0.3, -0.25) is 4.79 Å². The molecule has 2 aromatic rings. The van der Waals surface area contributed by atoms with Crippen LogP contribution in [0.4, 0.5) is 4.79 Å². The molecule has 0 atom stereocenters. The Balaban J connectivity index is 1.89. The maximum absolute atomic E-state index is 11.8. The van der Waals surface area contributed by atoms with Crippen molar-refractivity contribution in [2.75, 3.05) is 0 Å². The molecular weight excluding hydrogens is 276 g/mol. The number of urea groups is 1. The number of aryl methyl sites for hydroxylation is 2. The number of nitrogens with zero attached hydrogens (tertiary/aromatic N) is 1. The molecule has 2 rings (SSSR count). The summed E-state index contributed by atoms with van der Waals surface area (Å²) in [5.41, 5.74) is 2.08. The number of hydrogen-bond acceptors (Lipinski definition) is 4. The highest BCUT2D eigenvalue weighted by Gasteiger charge is 2.07. The number of H-pyrrole nitrogens is 1. The molecule has 6 nitrogen and oxygen atoms in total. The average molecular weight is 292 g/mol. The van der Waals surface area contributed by atoms with Crippen molar-refractivity contribution >= 4 is 17.4 Å². The zero-order chi connectivity index (χ0) is 14.5. The molecule has 0 aliphatic rings. The molecule has 0 saturated heterocycles. The predicted molar refractivity (Wildman–Crippen MR) is 77.7 cm³/mol. The van der Waals surface area contributed by atoms with Crippen molar-refractivity contribution < 1.29 is 4.79 Å². The van der Waals surface area contributed by atoms with Crippen molar-refractivity contribution in [2.45, 2.75) is 26.9 Å². The van der Waals surface area contributed by atoms with Gasteiger partial charge in [0.1, 0.15) is 5.01 Å². The van der Waals surface area contributed by atoms with Gasteiger partial charge >= 0.3 is 6.03 Å². The normalized spacial score (nSPS) is 10.3. The number of nitrogens with one attached hydrogen (secondary N) is 3. The lowest BCUT2D eigenvalue weighted by molar-refractivity contribution is 0.240. The minimum Gasteiger partial charge on any atom is -0.334 e. The van der Waals surface area contributed by atoms with Crippen LogP contribution < -0.4 is 16.2 Å². The Labute approximate surface area is 120 Å². The van der Waals surface area contributed by atoms with E-state index in [1.165, 1.54) is 11.3 Å². The molecule has 7 heteroatoms. The largest absolute Gasteiger partial charge is 0.334 e. The fourth-order valence-electron chi connectivity index (χ4n) is 1.83. The molecule has 20 heavy (non-hydrogen) atoms. The smallest absolute Gasteiger partial charge is 0.315 e. The topological polar surface area (TPSA) is 86.9 Å². The molecule has 0 spiro atoms. The molecule has 2 heterocycles. The van der Waals surface area contributed by atoms with E-state index in [0.717, 1.165) is 16.3 Å². The quantitative estimate of drug-likeness (QED) is 0.797. The molecule has 0 unspecified atom stereocenters. The number of rotatable bonds is 4. The Morgan fingerprint density at radius 3 is 2.75 bits per heavy atom. The SMILES string of the molecule is Cc1cc(C)c(CNC(=O)NCc2nccs2)c(=O)[nH]1. The molecule has 0 fully saturated rings. The third kappa shape index (κ3) is 3.67. The summed E-state index contributed by atoms with van der Waals surface area (Å²) in [6.45, 7) is 4.26. The van der Waals surface area contributed by atoms with Gasteiger partial charge in [0, 0.05) is 22.8 Å². The van der Waals surface area contributed by atoms with Crippen molar-refractivity contribution in [3.05, 3.63) is 49.8 Å². The van der Waals surface area contributed by atoms with E-state index in [9.17, 15) is 9.59 Å². The van der Waals surface area contributed by atoms with Gasteiger partial charge in [-0.25, -0.2) is 9.78 Å². The van der Waals surface area contributed by atoms with Gasteiger partial charge in [0.05, 0.1) is 13.1 Å². The van der Waals surface area contributed by atoms with E-state index in [2.05, 4.69) is 20.6 Å². The lowest BCUT2D eigenvalue weighted by Gasteiger charge is -2.08. The maximum atomic E-state index is 11.8. The van der Waals surface area contributed by atoms with E-state index in [4.69, 9.17) is 0 Å². The number of carbonyl (C=O) groups excluding carboxylic acids is 1. The summed E-state index contributed by atoms with van der Waals surface area (Å²) in [6, 6.07) is 1.56. The van der Waals surface area contributed by atoms with E-state index in [1.54, 1.807) is 6.20 Å². The molecule has 106 valence electrons. The second-order valence-electron chi connectivity index (χ2n) is 4.41. The fraction of sp³-hybridized carbons (Fsp3) is 0.308. The van der Waals surface area contributed by atoms with Crippen molar-refractivity contribution in [2.24, 2.45) is 0 Å². The Morgan fingerprint density at radius 2 is 2.10 bits per heavy atom. The molecule has 0 bridgehead atoms. The van der Waals surface area contributed by atoms with Crippen molar-refractivity contribution in [1.82, 2.24) is 20.6 Å². The van der Waals surface area contributed by atoms with Gasteiger partial charge < -0.3 is 15.6 Å². The van der Waals surface area contributed by atoms with Gasteiger partial charge in [-0.15, -0.1) is 11.3 Å². The number of aromatic nitrogens is 2. The minimum absolute atomic E-state index is 0.164. The van der Waals surface area contributed by atoms with E-state index < -0.39 is 0 Å². The molecule has 0 aromatic carbocycles. The summed E-state index contributed by atoms with van der Waals surface area (Å²) < 4.78 is 0. The highest BCUT2D eigenvalue weighted by Crippen LogP contribution is 2.04. The summed E-state index contributed by atoms with van der Waals surface area (Å²) in [4.78, 5) is 30.2. The third-order valence-electron chi connectivity index (χ3n) is 2.80. The van der Waals surface area contributed by atoms with Crippen LogP contribution in [0.1, 0.15) is 21.8 Å². The average Bonchev–Trinajstić information content (AvgIpc) is 2.88. The van der Waals surface area contributed by atoms with Gasteiger partial charge in [0.25, 0.3) is 5.56 Å². The van der Waals surface area contributed by atoms with Crippen LogP contribution in [0.25, 0.3) is 0 Å². The van der Waals surface area contributed by atoms with Gasteiger partial charge in [-0.05, 0) is 25.5 Å². The van der Waals surface area contributed by atoms with Gasteiger partial charge in [0.15, 0.2) is 0 Å². The lowest BCUT2D eigenvalue weighted by atomic mass is 10.1. The highest BCUT2D eigenvalue weighted by molar-refractivity contribution is 7.09. The Bertz CT molecular complexity index is 649. The van der Waals surface area contributed by atoms with Crippen LogP contribution in [0.15, 0.2) is 22.4 Å². The molecule has 0 saturated carbocycles. The van der Waals surface area contributed by atoms with Gasteiger partial charge in [-0.2, -0.15) is 0 Å². The second kappa shape index (κ2) is 6.33. The Kier molecular flexibility index (Phi) is 4.52. The first-order valence-electron chi connectivity index (χ1n) is 6.15. The third-order valence-corrected chi connectivity index (χ3v) is 3.58. The van der Waals surface area contributed by atoms with Crippen LogP contribution in [-0.4, -0.2) is 16.0 Å². The zero-order valence-electron chi connectivity index (χ0n) is 11.3. The summed E-state index contributed by atoms with van der Waals surface area (Å²) in [6.07, 6.45) is 1.69.